The number of anilines is 1. The third-order valence-electron chi connectivity index (χ3n) is 2.97. The molecule has 1 aromatic heterocycles. The van der Waals surface area contributed by atoms with Crippen molar-refractivity contribution in [3.05, 3.63) is 51.9 Å². The molecule has 1 aromatic carbocycles. The van der Waals surface area contributed by atoms with E-state index in [0.29, 0.717) is 6.54 Å². The minimum atomic E-state index is -0.331. The maximum absolute atomic E-state index is 13.5. The molecule has 106 valence electrons. The molecule has 2 aromatic rings. The van der Waals surface area contributed by atoms with E-state index in [0.717, 1.165) is 27.8 Å². The van der Waals surface area contributed by atoms with Crippen molar-refractivity contribution in [2.45, 2.75) is 13.3 Å². The summed E-state index contributed by atoms with van der Waals surface area (Å²) in [7, 11) is 1.46. The third kappa shape index (κ3) is 3.70. The van der Waals surface area contributed by atoms with Gasteiger partial charge in [-0.3, -0.25) is 0 Å². The molecule has 0 radical (unpaired) electrons. The summed E-state index contributed by atoms with van der Waals surface area (Å²) in [5.41, 5.74) is 1.99. The molecule has 0 amide bonds. The van der Waals surface area contributed by atoms with Gasteiger partial charge in [-0.1, -0.05) is 6.07 Å². The lowest BCUT2D eigenvalue weighted by Crippen LogP contribution is -2.07. The molecule has 0 saturated heterocycles. The Morgan fingerprint density at radius 2 is 2.15 bits per heavy atom. The molecule has 2 rings (SSSR count). The highest BCUT2D eigenvalue weighted by Gasteiger charge is 2.04. The van der Waals surface area contributed by atoms with Gasteiger partial charge in [0.15, 0.2) is 11.6 Å². The summed E-state index contributed by atoms with van der Waals surface area (Å²) < 4.78 is 19.4. The Morgan fingerprint density at radius 3 is 2.80 bits per heavy atom. The Bertz CT molecular complexity index is 604. The molecule has 0 fully saturated rings. The SMILES string of the molecule is COc1ccc(CCNc2ncc(Br)cc2C)cc1F. The molecule has 20 heavy (non-hydrogen) atoms. The van der Waals surface area contributed by atoms with Crippen LogP contribution in [-0.2, 0) is 6.42 Å². The number of benzene rings is 1. The second-order valence-electron chi connectivity index (χ2n) is 4.46. The van der Waals surface area contributed by atoms with Crippen LogP contribution in [0.5, 0.6) is 5.75 Å². The van der Waals surface area contributed by atoms with Crippen molar-refractivity contribution in [1.29, 1.82) is 0 Å². The highest BCUT2D eigenvalue weighted by atomic mass is 79.9. The number of aryl methyl sites for hydroxylation is 1. The Hall–Kier alpha value is -1.62. The van der Waals surface area contributed by atoms with Gasteiger partial charge in [0.05, 0.1) is 7.11 Å². The fraction of sp³-hybridized carbons (Fsp3) is 0.267. The predicted octanol–water partition coefficient (Wildman–Crippen LogP) is 3.95. The van der Waals surface area contributed by atoms with Crippen molar-refractivity contribution in [1.82, 2.24) is 4.98 Å². The number of methoxy groups -OCH3 is 1. The zero-order valence-corrected chi connectivity index (χ0v) is 13.0. The third-order valence-corrected chi connectivity index (χ3v) is 3.40. The van der Waals surface area contributed by atoms with E-state index in [2.05, 4.69) is 26.2 Å². The van der Waals surface area contributed by atoms with E-state index in [1.807, 2.05) is 19.1 Å². The first-order chi connectivity index (χ1) is 9.60. The van der Waals surface area contributed by atoms with E-state index in [1.165, 1.54) is 13.2 Å². The number of nitrogens with zero attached hydrogens (tertiary/aromatic N) is 1. The second-order valence-corrected chi connectivity index (χ2v) is 5.38. The average molecular weight is 339 g/mol. The number of rotatable bonds is 5. The Labute approximate surface area is 126 Å². The van der Waals surface area contributed by atoms with Gasteiger partial charge in [-0.05, 0) is 58.6 Å². The second kappa shape index (κ2) is 6.70. The van der Waals surface area contributed by atoms with Gasteiger partial charge in [-0.25, -0.2) is 9.37 Å². The summed E-state index contributed by atoms with van der Waals surface area (Å²) in [4.78, 5) is 4.30. The molecule has 0 unspecified atom stereocenters. The topological polar surface area (TPSA) is 34.1 Å². The number of ether oxygens (including phenoxy) is 1. The van der Waals surface area contributed by atoms with Gasteiger partial charge >= 0.3 is 0 Å². The first-order valence-corrected chi connectivity index (χ1v) is 7.08. The van der Waals surface area contributed by atoms with Crippen LogP contribution in [0.15, 0.2) is 34.9 Å². The van der Waals surface area contributed by atoms with Crippen LogP contribution in [-0.4, -0.2) is 18.6 Å². The van der Waals surface area contributed by atoms with Crippen LogP contribution in [0.4, 0.5) is 10.2 Å². The summed E-state index contributed by atoms with van der Waals surface area (Å²) in [6.45, 7) is 2.69. The highest BCUT2D eigenvalue weighted by molar-refractivity contribution is 9.10. The van der Waals surface area contributed by atoms with Crippen molar-refractivity contribution in [3.8, 4) is 5.75 Å². The zero-order chi connectivity index (χ0) is 14.5. The molecule has 3 nitrogen and oxygen atoms in total. The molecule has 0 bridgehead atoms. The van der Waals surface area contributed by atoms with Gasteiger partial charge in [-0.2, -0.15) is 0 Å². The minimum absolute atomic E-state index is 0.270. The molecule has 1 N–H and O–H groups in total. The maximum atomic E-state index is 13.5. The molecule has 0 aliphatic heterocycles. The Kier molecular flexibility index (Phi) is 4.95. The van der Waals surface area contributed by atoms with Crippen molar-refractivity contribution in [2.75, 3.05) is 19.0 Å². The Morgan fingerprint density at radius 1 is 1.35 bits per heavy atom. The van der Waals surface area contributed by atoms with Crippen molar-refractivity contribution < 1.29 is 9.13 Å². The minimum Gasteiger partial charge on any atom is -0.494 e. The normalized spacial score (nSPS) is 10.4. The average Bonchev–Trinajstić information content (AvgIpc) is 2.41. The fourth-order valence-electron chi connectivity index (χ4n) is 1.92. The van der Waals surface area contributed by atoms with E-state index in [1.54, 1.807) is 12.3 Å². The molecule has 0 aliphatic rings. The van der Waals surface area contributed by atoms with Crippen LogP contribution in [0.3, 0.4) is 0 Å². The lowest BCUT2D eigenvalue weighted by molar-refractivity contribution is 0.386. The van der Waals surface area contributed by atoms with Gasteiger partial charge in [0.25, 0.3) is 0 Å². The molecular formula is C15H16BrFN2O. The number of hydrogen-bond acceptors (Lipinski definition) is 3. The van der Waals surface area contributed by atoms with Crippen LogP contribution >= 0.6 is 15.9 Å². The van der Waals surface area contributed by atoms with Gasteiger partial charge in [0.2, 0.25) is 0 Å². The summed E-state index contributed by atoms with van der Waals surface area (Å²) in [5.74, 6) is 0.789. The van der Waals surface area contributed by atoms with Gasteiger partial charge in [0.1, 0.15) is 5.82 Å². The van der Waals surface area contributed by atoms with Crippen LogP contribution in [0.1, 0.15) is 11.1 Å². The molecule has 0 spiro atoms. The largest absolute Gasteiger partial charge is 0.494 e. The first kappa shape index (κ1) is 14.8. The fourth-order valence-corrected chi connectivity index (χ4v) is 2.36. The quantitative estimate of drug-likeness (QED) is 0.896. The monoisotopic (exact) mass is 338 g/mol. The Balaban J connectivity index is 1.94. The summed E-state index contributed by atoms with van der Waals surface area (Å²) >= 11 is 3.38. The highest BCUT2D eigenvalue weighted by Crippen LogP contribution is 2.19. The maximum Gasteiger partial charge on any atom is 0.165 e. The van der Waals surface area contributed by atoms with Crippen molar-refractivity contribution in [2.24, 2.45) is 0 Å². The van der Waals surface area contributed by atoms with E-state index in [-0.39, 0.29) is 11.6 Å². The number of hydrogen-bond donors (Lipinski definition) is 1. The van der Waals surface area contributed by atoms with Crippen LogP contribution in [0.2, 0.25) is 0 Å². The first-order valence-electron chi connectivity index (χ1n) is 6.28. The molecule has 0 atom stereocenters. The molecule has 0 saturated carbocycles. The van der Waals surface area contributed by atoms with E-state index >= 15 is 0 Å². The van der Waals surface area contributed by atoms with Crippen LogP contribution in [0, 0.1) is 12.7 Å². The lowest BCUT2D eigenvalue weighted by Gasteiger charge is -2.09. The van der Waals surface area contributed by atoms with Crippen molar-refractivity contribution >= 4 is 21.7 Å². The van der Waals surface area contributed by atoms with E-state index in [9.17, 15) is 4.39 Å². The summed E-state index contributed by atoms with van der Waals surface area (Å²) in [5, 5.41) is 3.25. The lowest BCUT2D eigenvalue weighted by atomic mass is 10.1. The molecule has 5 heteroatoms. The number of halogens is 2. The zero-order valence-electron chi connectivity index (χ0n) is 11.4. The van der Waals surface area contributed by atoms with Gasteiger partial charge < -0.3 is 10.1 Å². The van der Waals surface area contributed by atoms with E-state index in [4.69, 9.17) is 4.74 Å². The van der Waals surface area contributed by atoms with Crippen molar-refractivity contribution in [3.63, 3.8) is 0 Å². The van der Waals surface area contributed by atoms with Crippen LogP contribution in [0.25, 0.3) is 0 Å². The summed E-state index contributed by atoms with van der Waals surface area (Å²) in [6, 6.07) is 7.02. The predicted molar refractivity (Wildman–Crippen MR) is 81.8 cm³/mol. The molecule has 0 aliphatic carbocycles. The molecule has 1 heterocycles. The molecular weight excluding hydrogens is 323 g/mol. The van der Waals surface area contributed by atoms with E-state index < -0.39 is 0 Å². The summed E-state index contributed by atoms with van der Waals surface area (Å²) in [6.07, 6.45) is 2.47. The van der Waals surface area contributed by atoms with Gasteiger partial charge in [-0.15, -0.1) is 0 Å². The number of aromatic nitrogens is 1. The van der Waals surface area contributed by atoms with Crippen LogP contribution < -0.4 is 10.1 Å². The smallest absolute Gasteiger partial charge is 0.165 e. The standard InChI is InChI=1S/C15H16BrFN2O/c1-10-7-12(16)9-19-15(10)18-6-5-11-3-4-14(20-2)13(17)8-11/h3-4,7-9H,5-6H2,1-2H3,(H,18,19). The van der Waals surface area contributed by atoms with Gasteiger partial charge in [0, 0.05) is 17.2 Å². The number of pyridine rings is 1. The number of nitrogens with one attached hydrogen (secondary N) is 1.